The molecular weight excluding hydrogens is 368 g/mol. The van der Waals surface area contributed by atoms with Crippen molar-refractivity contribution in [2.24, 2.45) is 0 Å². The van der Waals surface area contributed by atoms with Crippen LogP contribution in [0, 0.1) is 6.92 Å². The van der Waals surface area contributed by atoms with Gasteiger partial charge in [0.2, 0.25) is 11.8 Å². The number of hydrogen-bond acceptors (Lipinski definition) is 3. The summed E-state index contributed by atoms with van der Waals surface area (Å²) in [7, 11) is 0. The number of benzene rings is 2. The summed E-state index contributed by atoms with van der Waals surface area (Å²) in [5.41, 5.74) is 2.61. The van der Waals surface area contributed by atoms with Crippen molar-refractivity contribution in [2.75, 3.05) is 0 Å². The lowest BCUT2D eigenvalue weighted by Gasteiger charge is -2.05. The minimum Gasteiger partial charge on any atom is -0.441 e. The van der Waals surface area contributed by atoms with E-state index in [0.29, 0.717) is 23.9 Å². The van der Waals surface area contributed by atoms with E-state index in [9.17, 15) is 4.79 Å². The van der Waals surface area contributed by atoms with E-state index in [1.165, 1.54) is 0 Å². The predicted molar refractivity (Wildman–Crippen MR) is 96.4 cm³/mol. The van der Waals surface area contributed by atoms with Gasteiger partial charge >= 0.3 is 0 Å². The molecule has 0 radical (unpaired) electrons. The number of hydrogen-bond donors (Lipinski definition) is 1. The zero-order chi connectivity index (χ0) is 16.9. The van der Waals surface area contributed by atoms with Crippen LogP contribution in [0.5, 0.6) is 0 Å². The van der Waals surface area contributed by atoms with Gasteiger partial charge in [-0.2, -0.15) is 0 Å². The molecule has 122 valence electrons. The van der Waals surface area contributed by atoms with E-state index < -0.39 is 0 Å². The number of nitrogens with zero attached hydrogens (tertiary/aromatic N) is 1. The van der Waals surface area contributed by atoms with Crippen molar-refractivity contribution in [3.05, 3.63) is 76.1 Å². The van der Waals surface area contributed by atoms with Gasteiger partial charge in [0.1, 0.15) is 5.76 Å². The van der Waals surface area contributed by atoms with Crippen LogP contribution in [0.3, 0.4) is 0 Å². The van der Waals surface area contributed by atoms with Crippen LogP contribution in [0.4, 0.5) is 0 Å². The summed E-state index contributed by atoms with van der Waals surface area (Å²) in [4.78, 5) is 16.6. The summed E-state index contributed by atoms with van der Waals surface area (Å²) in [6.45, 7) is 2.32. The topological polar surface area (TPSA) is 55.1 Å². The molecule has 3 rings (SSSR count). The minimum absolute atomic E-state index is 0.0778. The van der Waals surface area contributed by atoms with Crippen molar-refractivity contribution in [3.8, 4) is 11.5 Å². The fourth-order valence-electron chi connectivity index (χ4n) is 2.36. The summed E-state index contributed by atoms with van der Waals surface area (Å²) >= 11 is 3.42. The van der Waals surface area contributed by atoms with Crippen molar-refractivity contribution in [1.82, 2.24) is 10.3 Å². The van der Waals surface area contributed by atoms with Gasteiger partial charge in [-0.15, -0.1) is 0 Å². The number of carbonyl (C=O) groups excluding carboxylic acids is 1. The van der Waals surface area contributed by atoms with Crippen LogP contribution in [0.25, 0.3) is 11.5 Å². The maximum absolute atomic E-state index is 12.2. The van der Waals surface area contributed by atoms with Gasteiger partial charge in [0.15, 0.2) is 0 Å². The average Bonchev–Trinajstić information content (AvgIpc) is 2.95. The van der Waals surface area contributed by atoms with E-state index in [-0.39, 0.29) is 12.3 Å². The Labute approximate surface area is 149 Å². The molecule has 4 nitrogen and oxygen atoms in total. The third kappa shape index (κ3) is 4.11. The number of carbonyl (C=O) groups is 1. The maximum atomic E-state index is 12.2. The summed E-state index contributed by atoms with van der Waals surface area (Å²) in [6, 6.07) is 17.5. The van der Waals surface area contributed by atoms with Gasteiger partial charge in [-0.25, -0.2) is 4.98 Å². The molecule has 0 unspecified atom stereocenters. The SMILES string of the molecule is Cc1oc(-c2ccccc2)nc1CC(=O)NCc1cccc(Br)c1. The first-order chi connectivity index (χ1) is 11.6. The molecule has 0 bridgehead atoms. The second-order valence-electron chi connectivity index (χ2n) is 5.47. The molecule has 1 amide bonds. The van der Waals surface area contributed by atoms with Crippen LogP contribution in [0.2, 0.25) is 0 Å². The first-order valence-corrected chi connectivity index (χ1v) is 8.44. The highest BCUT2D eigenvalue weighted by atomic mass is 79.9. The van der Waals surface area contributed by atoms with Gasteiger partial charge < -0.3 is 9.73 Å². The van der Waals surface area contributed by atoms with Gasteiger partial charge in [0, 0.05) is 16.6 Å². The van der Waals surface area contributed by atoms with E-state index in [1.54, 1.807) is 0 Å². The highest BCUT2D eigenvalue weighted by molar-refractivity contribution is 9.10. The van der Waals surface area contributed by atoms with Crippen LogP contribution in [-0.2, 0) is 17.8 Å². The Kier molecular flexibility index (Phi) is 5.11. The standard InChI is InChI=1S/C19H17BrN2O2/c1-13-17(22-19(24-13)15-7-3-2-4-8-15)11-18(23)21-12-14-6-5-9-16(20)10-14/h2-10H,11-12H2,1H3,(H,21,23). The molecule has 2 aromatic carbocycles. The Morgan fingerprint density at radius 1 is 1.17 bits per heavy atom. The predicted octanol–water partition coefficient (Wildman–Crippen LogP) is 4.27. The fraction of sp³-hybridized carbons (Fsp3) is 0.158. The zero-order valence-corrected chi connectivity index (χ0v) is 14.8. The first kappa shape index (κ1) is 16.5. The summed E-state index contributed by atoms with van der Waals surface area (Å²) < 4.78 is 6.68. The molecule has 1 aromatic heterocycles. The molecule has 0 saturated carbocycles. The second-order valence-corrected chi connectivity index (χ2v) is 6.39. The van der Waals surface area contributed by atoms with Crippen molar-refractivity contribution in [3.63, 3.8) is 0 Å². The number of nitrogens with one attached hydrogen (secondary N) is 1. The molecule has 0 fully saturated rings. The molecule has 5 heteroatoms. The third-order valence-corrected chi connectivity index (χ3v) is 4.11. The quantitative estimate of drug-likeness (QED) is 0.714. The maximum Gasteiger partial charge on any atom is 0.226 e. The molecule has 0 spiro atoms. The van der Waals surface area contributed by atoms with Crippen molar-refractivity contribution < 1.29 is 9.21 Å². The lowest BCUT2D eigenvalue weighted by molar-refractivity contribution is -0.120. The van der Waals surface area contributed by atoms with Crippen LogP contribution < -0.4 is 5.32 Å². The van der Waals surface area contributed by atoms with Gasteiger partial charge in [-0.3, -0.25) is 4.79 Å². The molecule has 1 heterocycles. The van der Waals surface area contributed by atoms with E-state index in [2.05, 4.69) is 26.2 Å². The van der Waals surface area contributed by atoms with E-state index in [1.807, 2.05) is 61.5 Å². The summed E-state index contributed by atoms with van der Waals surface area (Å²) in [6.07, 6.45) is 0.205. The number of rotatable bonds is 5. The van der Waals surface area contributed by atoms with Gasteiger partial charge in [-0.05, 0) is 36.8 Å². The summed E-state index contributed by atoms with van der Waals surface area (Å²) in [5.74, 6) is 1.14. The second kappa shape index (κ2) is 7.45. The van der Waals surface area contributed by atoms with Crippen molar-refractivity contribution in [2.45, 2.75) is 19.9 Å². The van der Waals surface area contributed by atoms with E-state index in [0.717, 1.165) is 15.6 Å². The zero-order valence-electron chi connectivity index (χ0n) is 13.3. The molecule has 0 aliphatic heterocycles. The lowest BCUT2D eigenvalue weighted by atomic mass is 10.2. The van der Waals surface area contributed by atoms with E-state index in [4.69, 9.17) is 4.42 Å². The van der Waals surface area contributed by atoms with Crippen LogP contribution in [0.15, 0.2) is 63.5 Å². The number of oxazole rings is 1. The Hall–Kier alpha value is -2.40. The third-order valence-electron chi connectivity index (χ3n) is 3.62. The number of amides is 1. The van der Waals surface area contributed by atoms with Crippen LogP contribution >= 0.6 is 15.9 Å². The highest BCUT2D eigenvalue weighted by Gasteiger charge is 2.14. The largest absolute Gasteiger partial charge is 0.441 e. The molecule has 0 aliphatic carbocycles. The molecule has 0 aliphatic rings. The van der Waals surface area contributed by atoms with Crippen molar-refractivity contribution in [1.29, 1.82) is 0 Å². The fourth-order valence-corrected chi connectivity index (χ4v) is 2.81. The number of aromatic nitrogens is 1. The molecule has 1 N–H and O–H groups in total. The van der Waals surface area contributed by atoms with Gasteiger partial charge in [0.05, 0.1) is 12.1 Å². The molecular formula is C19H17BrN2O2. The summed E-state index contributed by atoms with van der Waals surface area (Å²) in [5, 5.41) is 2.91. The van der Waals surface area contributed by atoms with Crippen LogP contribution in [-0.4, -0.2) is 10.9 Å². The van der Waals surface area contributed by atoms with Crippen LogP contribution in [0.1, 0.15) is 17.0 Å². The minimum atomic E-state index is -0.0778. The normalized spacial score (nSPS) is 10.6. The average molecular weight is 385 g/mol. The molecule has 24 heavy (non-hydrogen) atoms. The first-order valence-electron chi connectivity index (χ1n) is 7.64. The Balaban J connectivity index is 1.63. The monoisotopic (exact) mass is 384 g/mol. The Bertz CT molecular complexity index is 844. The molecule has 3 aromatic rings. The lowest BCUT2D eigenvalue weighted by Crippen LogP contribution is -2.24. The number of aryl methyl sites for hydroxylation is 1. The molecule has 0 atom stereocenters. The highest BCUT2D eigenvalue weighted by Crippen LogP contribution is 2.21. The Morgan fingerprint density at radius 3 is 2.71 bits per heavy atom. The van der Waals surface area contributed by atoms with Gasteiger partial charge in [0.25, 0.3) is 0 Å². The van der Waals surface area contributed by atoms with Crippen molar-refractivity contribution >= 4 is 21.8 Å². The smallest absolute Gasteiger partial charge is 0.226 e. The number of halogens is 1. The van der Waals surface area contributed by atoms with E-state index >= 15 is 0 Å². The Morgan fingerprint density at radius 2 is 1.96 bits per heavy atom. The van der Waals surface area contributed by atoms with Gasteiger partial charge in [-0.1, -0.05) is 46.3 Å². The molecule has 0 saturated heterocycles.